The number of hydrogen-bond acceptors (Lipinski definition) is 5. The molecule has 1 N–H and O–H groups in total. The molecule has 0 aliphatic rings. The summed E-state index contributed by atoms with van der Waals surface area (Å²) in [5, 5.41) is 3.63. The summed E-state index contributed by atoms with van der Waals surface area (Å²) >= 11 is 13.2. The third-order valence-electron chi connectivity index (χ3n) is 7.48. The van der Waals surface area contributed by atoms with E-state index in [4.69, 9.17) is 27.9 Å². The van der Waals surface area contributed by atoms with E-state index in [1.54, 1.807) is 54.6 Å². The Bertz CT molecular complexity index is 1790. The van der Waals surface area contributed by atoms with Crippen LogP contribution < -0.4 is 14.4 Å². The van der Waals surface area contributed by atoms with Crippen molar-refractivity contribution < 1.29 is 22.7 Å². The van der Waals surface area contributed by atoms with Gasteiger partial charge < -0.3 is 15.0 Å². The number of anilines is 1. The lowest BCUT2D eigenvalue weighted by molar-refractivity contribution is -0.140. The largest absolute Gasteiger partial charge is 0.494 e. The molecular formula is C37H41Cl2N3O5S. The topological polar surface area (TPSA) is 96.0 Å². The van der Waals surface area contributed by atoms with E-state index in [2.05, 4.69) is 5.32 Å². The number of hydrogen-bond donors (Lipinski definition) is 1. The summed E-state index contributed by atoms with van der Waals surface area (Å²) < 4.78 is 35.2. The van der Waals surface area contributed by atoms with Gasteiger partial charge >= 0.3 is 0 Å². The van der Waals surface area contributed by atoms with Gasteiger partial charge in [0, 0.05) is 34.1 Å². The third kappa shape index (κ3) is 9.52. The lowest BCUT2D eigenvalue weighted by Gasteiger charge is -2.35. The zero-order valence-corrected chi connectivity index (χ0v) is 30.1. The second-order valence-electron chi connectivity index (χ2n) is 12.4. The molecular weight excluding hydrogens is 669 g/mol. The molecule has 1 atom stereocenters. The van der Waals surface area contributed by atoms with Gasteiger partial charge in [-0.05, 0) is 88.7 Å². The number of rotatable bonds is 13. The van der Waals surface area contributed by atoms with E-state index in [1.165, 1.54) is 17.0 Å². The minimum Gasteiger partial charge on any atom is -0.494 e. The molecule has 0 aromatic heterocycles. The highest BCUT2D eigenvalue weighted by molar-refractivity contribution is 7.92. The molecule has 11 heteroatoms. The molecule has 0 saturated heterocycles. The van der Waals surface area contributed by atoms with Crippen LogP contribution in [0.2, 0.25) is 10.0 Å². The van der Waals surface area contributed by atoms with Gasteiger partial charge in [-0.1, -0.05) is 77.3 Å². The van der Waals surface area contributed by atoms with Gasteiger partial charge in [-0.15, -0.1) is 0 Å². The summed E-state index contributed by atoms with van der Waals surface area (Å²) in [6, 6.07) is 26.2. The SMILES string of the molecule is CCOc1ccc(N(CC(=O)N(Cc2c(Cl)cccc2Cl)[C@H](Cc2ccccc2)C(=O)NC(C)(C)C)S(=O)(=O)c2ccc(C)cc2)cc1. The monoisotopic (exact) mass is 709 g/mol. The van der Waals surface area contributed by atoms with Crippen LogP contribution >= 0.6 is 23.2 Å². The van der Waals surface area contributed by atoms with Crippen LogP contribution in [0, 0.1) is 6.92 Å². The van der Waals surface area contributed by atoms with Crippen LogP contribution in [0.4, 0.5) is 5.69 Å². The number of amides is 2. The fourth-order valence-electron chi connectivity index (χ4n) is 5.10. The number of halogens is 2. The normalized spacial score (nSPS) is 12.2. The van der Waals surface area contributed by atoms with Gasteiger partial charge in [0.25, 0.3) is 10.0 Å². The maximum Gasteiger partial charge on any atom is 0.264 e. The van der Waals surface area contributed by atoms with Crippen LogP contribution in [-0.2, 0) is 32.6 Å². The Balaban J connectivity index is 1.85. The highest BCUT2D eigenvalue weighted by atomic mass is 35.5. The smallest absolute Gasteiger partial charge is 0.264 e. The molecule has 4 aromatic rings. The maximum absolute atomic E-state index is 14.7. The molecule has 4 aromatic carbocycles. The van der Waals surface area contributed by atoms with Gasteiger partial charge in [-0.3, -0.25) is 13.9 Å². The van der Waals surface area contributed by atoms with E-state index in [0.717, 1.165) is 15.4 Å². The van der Waals surface area contributed by atoms with Crippen molar-refractivity contribution in [2.24, 2.45) is 0 Å². The Labute approximate surface area is 293 Å². The molecule has 0 bridgehead atoms. The van der Waals surface area contributed by atoms with Gasteiger partial charge in [-0.25, -0.2) is 8.42 Å². The molecule has 0 unspecified atom stereocenters. The molecule has 0 heterocycles. The zero-order valence-electron chi connectivity index (χ0n) is 27.7. The Morgan fingerprint density at radius 1 is 0.854 bits per heavy atom. The van der Waals surface area contributed by atoms with Gasteiger partial charge in [0.2, 0.25) is 11.8 Å². The quantitative estimate of drug-likeness (QED) is 0.156. The molecule has 0 spiro atoms. The maximum atomic E-state index is 14.7. The van der Waals surface area contributed by atoms with Gasteiger partial charge in [0.15, 0.2) is 0 Å². The first kappa shape index (κ1) is 36.8. The minimum atomic E-state index is -4.26. The number of benzene rings is 4. The predicted molar refractivity (Wildman–Crippen MR) is 192 cm³/mol. The van der Waals surface area contributed by atoms with Crippen LogP contribution in [0.1, 0.15) is 44.4 Å². The van der Waals surface area contributed by atoms with Crippen molar-refractivity contribution in [2.75, 3.05) is 17.5 Å². The second kappa shape index (κ2) is 15.9. The first-order valence-corrected chi connectivity index (χ1v) is 17.8. The lowest BCUT2D eigenvalue weighted by atomic mass is 10.0. The summed E-state index contributed by atoms with van der Waals surface area (Å²) in [6.07, 6.45) is 0.157. The van der Waals surface area contributed by atoms with Crippen LogP contribution in [0.3, 0.4) is 0 Å². The molecule has 2 amide bonds. The van der Waals surface area contributed by atoms with Crippen LogP contribution in [0.5, 0.6) is 5.75 Å². The fourth-order valence-corrected chi connectivity index (χ4v) is 7.03. The molecule has 254 valence electrons. The molecule has 0 saturated carbocycles. The van der Waals surface area contributed by atoms with E-state index in [0.29, 0.717) is 28.0 Å². The Kier molecular flexibility index (Phi) is 12.2. The third-order valence-corrected chi connectivity index (χ3v) is 9.98. The lowest BCUT2D eigenvalue weighted by Crippen LogP contribution is -2.56. The molecule has 0 aliphatic heterocycles. The van der Waals surface area contributed by atoms with Gasteiger partial charge in [0.1, 0.15) is 18.3 Å². The number of nitrogens with one attached hydrogen (secondary N) is 1. The number of sulfonamides is 1. The number of aryl methyl sites for hydroxylation is 1. The standard InChI is InChI=1S/C37H41Cl2N3O5S/c1-6-47-29-19-17-28(18-20-29)42(48(45,46)30-21-15-26(2)16-22-30)25-35(43)41(24-31-32(38)13-10-14-33(31)39)34(36(44)40-37(3,4)5)23-27-11-8-7-9-12-27/h7-22,34H,6,23-25H2,1-5H3,(H,40,44)/t34-/m1/s1. The van der Waals surface area contributed by atoms with Crippen molar-refractivity contribution in [1.82, 2.24) is 10.2 Å². The first-order chi connectivity index (χ1) is 22.7. The minimum absolute atomic E-state index is 0.0156. The predicted octanol–water partition coefficient (Wildman–Crippen LogP) is 7.45. The van der Waals surface area contributed by atoms with Crippen LogP contribution in [0.15, 0.2) is 102 Å². The highest BCUT2D eigenvalue weighted by Gasteiger charge is 2.36. The molecule has 8 nitrogen and oxygen atoms in total. The Hall–Kier alpha value is -4.05. The molecule has 0 radical (unpaired) electrons. The first-order valence-electron chi connectivity index (χ1n) is 15.6. The average Bonchev–Trinajstić information content (AvgIpc) is 3.03. The Morgan fingerprint density at radius 3 is 2.02 bits per heavy atom. The Morgan fingerprint density at radius 2 is 1.46 bits per heavy atom. The van der Waals surface area contributed by atoms with Crippen molar-refractivity contribution in [2.45, 2.75) is 64.1 Å². The molecule has 4 rings (SSSR count). The summed E-state index contributed by atoms with van der Waals surface area (Å²) in [7, 11) is -4.26. The van der Waals surface area contributed by atoms with Crippen molar-refractivity contribution in [1.29, 1.82) is 0 Å². The fraction of sp³-hybridized carbons (Fsp3) is 0.297. The average molecular weight is 711 g/mol. The number of carbonyl (C=O) groups excluding carboxylic acids is 2. The molecule has 0 aliphatic carbocycles. The van der Waals surface area contributed by atoms with Crippen molar-refractivity contribution in [3.05, 3.63) is 124 Å². The van der Waals surface area contributed by atoms with Crippen LogP contribution in [-0.4, -0.2) is 49.9 Å². The summed E-state index contributed by atoms with van der Waals surface area (Å²) in [5.41, 5.74) is 1.76. The van der Waals surface area contributed by atoms with E-state index < -0.39 is 40.0 Å². The van der Waals surface area contributed by atoms with E-state index in [-0.39, 0.29) is 23.5 Å². The van der Waals surface area contributed by atoms with Crippen molar-refractivity contribution >= 4 is 50.7 Å². The zero-order chi connectivity index (χ0) is 35.1. The van der Waals surface area contributed by atoms with E-state index in [9.17, 15) is 18.0 Å². The summed E-state index contributed by atoms with van der Waals surface area (Å²) in [5.74, 6) is -0.477. The highest BCUT2D eigenvalue weighted by Crippen LogP contribution is 2.30. The van der Waals surface area contributed by atoms with Crippen molar-refractivity contribution in [3.8, 4) is 5.75 Å². The van der Waals surface area contributed by atoms with Crippen LogP contribution in [0.25, 0.3) is 0 Å². The van der Waals surface area contributed by atoms with Gasteiger partial charge in [-0.2, -0.15) is 0 Å². The van der Waals surface area contributed by atoms with E-state index >= 15 is 0 Å². The summed E-state index contributed by atoms with van der Waals surface area (Å²) in [4.78, 5) is 30.1. The number of carbonyl (C=O) groups is 2. The number of nitrogens with zero attached hydrogens (tertiary/aromatic N) is 2. The number of ether oxygens (including phenoxy) is 1. The van der Waals surface area contributed by atoms with Crippen molar-refractivity contribution in [3.63, 3.8) is 0 Å². The second-order valence-corrected chi connectivity index (χ2v) is 15.1. The molecule has 0 fully saturated rings. The summed E-state index contributed by atoms with van der Waals surface area (Å²) in [6.45, 7) is 8.94. The van der Waals surface area contributed by atoms with E-state index in [1.807, 2.05) is 65.0 Å². The van der Waals surface area contributed by atoms with Gasteiger partial charge in [0.05, 0.1) is 17.2 Å². The molecule has 48 heavy (non-hydrogen) atoms.